The molecule has 0 saturated carbocycles. The van der Waals surface area contributed by atoms with Crippen LogP contribution >= 0.6 is 11.6 Å². The summed E-state index contributed by atoms with van der Waals surface area (Å²) in [5.41, 5.74) is 1.45. The molecule has 0 spiro atoms. The van der Waals surface area contributed by atoms with Crippen LogP contribution in [0.2, 0.25) is 5.02 Å². The lowest BCUT2D eigenvalue weighted by Gasteiger charge is -2.37. The first-order valence-corrected chi connectivity index (χ1v) is 8.02. The Morgan fingerprint density at radius 2 is 1.91 bits per heavy atom. The molecule has 22 heavy (non-hydrogen) atoms. The van der Waals surface area contributed by atoms with Crippen LogP contribution in [0.5, 0.6) is 0 Å². The molecule has 2 heterocycles. The molecule has 0 aliphatic carbocycles. The SMILES string of the molecule is CN1CCN(C(=O)C(C)(C)c2c[nH]c3ccc(Cl)cc23)CC1. The summed E-state index contributed by atoms with van der Waals surface area (Å²) >= 11 is 6.13. The number of nitrogens with one attached hydrogen (secondary N) is 1. The fraction of sp³-hybridized carbons (Fsp3) is 0.471. The van der Waals surface area contributed by atoms with E-state index in [1.165, 1.54) is 0 Å². The molecule has 1 amide bonds. The maximum Gasteiger partial charge on any atom is 0.232 e. The molecule has 1 saturated heterocycles. The number of halogens is 1. The number of benzene rings is 1. The van der Waals surface area contributed by atoms with Gasteiger partial charge < -0.3 is 14.8 Å². The second-order valence-electron chi connectivity index (χ2n) is 6.61. The monoisotopic (exact) mass is 319 g/mol. The highest BCUT2D eigenvalue weighted by atomic mass is 35.5. The zero-order valence-corrected chi connectivity index (χ0v) is 14.1. The lowest BCUT2D eigenvalue weighted by molar-refractivity contribution is -0.137. The molecule has 2 aromatic rings. The van der Waals surface area contributed by atoms with Crippen molar-refractivity contribution in [2.45, 2.75) is 19.3 Å². The van der Waals surface area contributed by atoms with Crippen molar-refractivity contribution >= 4 is 28.4 Å². The fourth-order valence-electron chi connectivity index (χ4n) is 3.13. The van der Waals surface area contributed by atoms with Gasteiger partial charge in [0.1, 0.15) is 0 Å². The maximum atomic E-state index is 13.0. The van der Waals surface area contributed by atoms with Crippen molar-refractivity contribution < 1.29 is 4.79 Å². The molecule has 1 N–H and O–H groups in total. The van der Waals surface area contributed by atoms with Gasteiger partial charge in [0.15, 0.2) is 0 Å². The largest absolute Gasteiger partial charge is 0.361 e. The van der Waals surface area contributed by atoms with Gasteiger partial charge in [-0.2, -0.15) is 0 Å². The molecule has 0 unspecified atom stereocenters. The number of carbonyl (C=O) groups excluding carboxylic acids is 1. The van der Waals surface area contributed by atoms with Gasteiger partial charge in [0.25, 0.3) is 0 Å². The standard InChI is InChI=1S/C17H22ClN3O/c1-17(2,16(22)21-8-6-20(3)7-9-21)14-11-19-15-5-4-12(18)10-13(14)15/h4-5,10-11,19H,6-9H2,1-3H3. The summed E-state index contributed by atoms with van der Waals surface area (Å²) in [4.78, 5) is 20.5. The number of nitrogens with zero attached hydrogens (tertiary/aromatic N) is 2. The van der Waals surface area contributed by atoms with Crippen LogP contribution in [0.25, 0.3) is 10.9 Å². The molecule has 1 aliphatic heterocycles. The Kier molecular flexibility index (Phi) is 3.91. The molecule has 1 aliphatic rings. The molecule has 0 atom stereocenters. The highest BCUT2D eigenvalue weighted by Gasteiger charge is 2.36. The van der Waals surface area contributed by atoms with Crippen LogP contribution in [-0.4, -0.2) is 53.9 Å². The average molecular weight is 320 g/mol. The van der Waals surface area contributed by atoms with Gasteiger partial charge in [0, 0.05) is 48.3 Å². The van der Waals surface area contributed by atoms with E-state index in [0.717, 1.165) is 42.6 Å². The predicted octanol–water partition coefficient (Wildman–Crippen LogP) is 2.87. The minimum absolute atomic E-state index is 0.182. The fourth-order valence-corrected chi connectivity index (χ4v) is 3.30. The maximum absolute atomic E-state index is 13.0. The minimum Gasteiger partial charge on any atom is -0.361 e. The van der Waals surface area contributed by atoms with Crippen LogP contribution in [0.3, 0.4) is 0 Å². The van der Waals surface area contributed by atoms with Gasteiger partial charge in [-0.05, 0) is 44.7 Å². The van der Waals surface area contributed by atoms with Crippen molar-refractivity contribution in [2.75, 3.05) is 33.2 Å². The number of carbonyl (C=O) groups is 1. The Balaban J connectivity index is 1.93. The lowest BCUT2D eigenvalue weighted by Crippen LogP contribution is -2.52. The van der Waals surface area contributed by atoms with Crippen LogP contribution in [-0.2, 0) is 10.2 Å². The van der Waals surface area contributed by atoms with E-state index in [4.69, 9.17) is 11.6 Å². The predicted molar refractivity (Wildman–Crippen MR) is 90.4 cm³/mol. The van der Waals surface area contributed by atoms with Crippen LogP contribution in [0, 0.1) is 0 Å². The second kappa shape index (κ2) is 5.60. The molecule has 5 heteroatoms. The summed E-state index contributed by atoms with van der Waals surface area (Å²) in [7, 11) is 2.09. The first kappa shape index (κ1) is 15.4. The van der Waals surface area contributed by atoms with Gasteiger partial charge in [-0.3, -0.25) is 4.79 Å². The van der Waals surface area contributed by atoms with Crippen molar-refractivity contribution in [1.82, 2.24) is 14.8 Å². The van der Waals surface area contributed by atoms with Crippen molar-refractivity contribution in [1.29, 1.82) is 0 Å². The van der Waals surface area contributed by atoms with Gasteiger partial charge in [0.2, 0.25) is 5.91 Å². The molecule has 1 aromatic carbocycles. The highest BCUT2D eigenvalue weighted by molar-refractivity contribution is 6.31. The summed E-state index contributed by atoms with van der Waals surface area (Å²) in [5.74, 6) is 0.182. The first-order chi connectivity index (χ1) is 10.4. The van der Waals surface area contributed by atoms with Crippen LogP contribution < -0.4 is 0 Å². The van der Waals surface area contributed by atoms with E-state index in [1.807, 2.05) is 43.1 Å². The molecular formula is C17H22ClN3O. The van der Waals surface area contributed by atoms with E-state index >= 15 is 0 Å². The quantitative estimate of drug-likeness (QED) is 0.924. The van der Waals surface area contributed by atoms with Crippen molar-refractivity contribution in [2.24, 2.45) is 0 Å². The number of hydrogen-bond donors (Lipinski definition) is 1. The molecule has 118 valence electrons. The van der Waals surface area contributed by atoms with Gasteiger partial charge in [0.05, 0.1) is 5.41 Å². The van der Waals surface area contributed by atoms with E-state index in [9.17, 15) is 4.79 Å². The third-order valence-electron chi connectivity index (χ3n) is 4.64. The Morgan fingerprint density at radius 3 is 2.59 bits per heavy atom. The third-order valence-corrected chi connectivity index (χ3v) is 4.88. The molecule has 4 nitrogen and oxygen atoms in total. The van der Waals surface area contributed by atoms with E-state index < -0.39 is 5.41 Å². The Hall–Kier alpha value is -1.52. The van der Waals surface area contributed by atoms with Crippen LogP contribution in [0.1, 0.15) is 19.4 Å². The van der Waals surface area contributed by atoms with Crippen LogP contribution in [0.15, 0.2) is 24.4 Å². The Morgan fingerprint density at radius 1 is 1.23 bits per heavy atom. The zero-order valence-electron chi connectivity index (χ0n) is 13.3. The Labute approximate surface area is 136 Å². The molecule has 1 aromatic heterocycles. The number of hydrogen-bond acceptors (Lipinski definition) is 2. The number of aromatic nitrogens is 1. The van der Waals surface area contributed by atoms with Gasteiger partial charge in [-0.15, -0.1) is 0 Å². The van der Waals surface area contributed by atoms with Crippen LogP contribution in [0.4, 0.5) is 0 Å². The smallest absolute Gasteiger partial charge is 0.232 e. The van der Waals surface area contributed by atoms with Gasteiger partial charge in [-0.1, -0.05) is 11.6 Å². The van der Waals surface area contributed by atoms with E-state index in [2.05, 4.69) is 16.9 Å². The number of fused-ring (bicyclic) bond motifs is 1. The van der Waals surface area contributed by atoms with E-state index in [1.54, 1.807) is 0 Å². The number of likely N-dealkylation sites (N-methyl/N-ethyl adjacent to an activating group) is 1. The van der Waals surface area contributed by atoms with Gasteiger partial charge in [-0.25, -0.2) is 0 Å². The summed E-state index contributed by atoms with van der Waals surface area (Å²) in [5, 5.41) is 1.72. The number of H-pyrrole nitrogens is 1. The normalized spacial score (nSPS) is 17.2. The lowest BCUT2D eigenvalue weighted by atomic mass is 9.82. The molecule has 3 rings (SSSR count). The zero-order chi connectivity index (χ0) is 15.9. The second-order valence-corrected chi connectivity index (χ2v) is 7.05. The summed E-state index contributed by atoms with van der Waals surface area (Å²) in [6, 6.07) is 5.75. The molecular weight excluding hydrogens is 298 g/mol. The van der Waals surface area contributed by atoms with Crippen molar-refractivity contribution in [3.8, 4) is 0 Å². The minimum atomic E-state index is -0.571. The van der Waals surface area contributed by atoms with E-state index in [-0.39, 0.29) is 5.91 Å². The number of amides is 1. The number of rotatable bonds is 2. The first-order valence-electron chi connectivity index (χ1n) is 7.64. The number of piperazine rings is 1. The van der Waals surface area contributed by atoms with E-state index in [0.29, 0.717) is 5.02 Å². The van der Waals surface area contributed by atoms with Crippen molar-refractivity contribution in [3.63, 3.8) is 0 Å². The summed E-state index contributed by atoms with van der Waals surface area (Å²) in [6.45, 7) is 7.45. The highest BCUT2D eigenvalue weighted by Crippen LogP contribution is 2.33. The summed E-state index contributed by atoms with van der Waals surface area (Å²) < 4.78 is 0. The van der Waals surface area contributed by atoms with Crippen molar-refractivity contribution in [3.05, 3.63) is 35.0 Å². The number of aromatic amines is 1. The molecule has 0 radical (unpaired) electrons. The molecule has 1 fully saturated rings. The molecule has 0 bridgehead atoms. The third kappa shape index (κ3) is 2.61. The summed E-state index contributed by atoms with van der Waals surface area (Å²) in [6.07, 6.45) is 1.94. The Bertz CT molecular complexity index is 699. The average Bonchev–Trinajstić information content (AvgIpc) is 2.91. The topological polar surface area (TPSA) is 39.3 Å². The van der Waals surface area contributed by atoms with Gasteiger partial charge >= 0.3 is 0 Å².